The average Bonchev–Trinajstić information content (AvgIpc) is 2.35. The number of hydrogen-bond acceptors (Lipinski definition) is 2. The van der Waals surface area contributed by atoms with Gasteiger partial charge < -0.3 is 5.73 Å². The van der Waals surface area contributed by atoms with Gasteiger partial charge >= 0.3 is 0 Å². The molecule has 0 radical (unpaired) electrons. The fraction of sp³-hybridized carbons (Fsp3) is 0.556. The summed E-state index contributed by atoms with van der Waals surface area (Å²) in [6.07, 6.45) is 0.619. The average molecular weight is 216 g/mol. The van der Waals surface area contributed by atoms with Crippen LogP contribution in [0.25, 0.3) is 0 Å². The Morgan fingerprint density at radius 2 is 2.21 bits per heavy atom. The first-order valence-electron chi connectivity index (χ1n) is 4.49. The third kappa shape index (κ3) is 1.75. The van der Waals surface area contributed by atoms with E-state index in [0.29, 0.717) is 11.4 Å². The smallest absolute Gasteiger partial charge is 0.242 e. The molecule has 0 saturated heterocycles. The van der Waals surface area contributed by atoms with Crippen molar-refractivity contribution in [3.05, 3.63) is 16.4 Å². The lowest BCUT2D eigenvalue weighted by atomic mass is 10.2. The van der Waals surface area contributed by atoms with E-state index in [1.807, 2.05) is 13.8 Å². The molecule has 1 heterocycles. The monoisotopic (exact) mass is 215 g/mol. The molecule has 0 bridgehead atoms. The van der Waals surface area contributed by atoms with E-state index in [2.05, 4.69) is 5.10 Å². The van der Waals surface area contributed by atoms with Crippen molar-refractivity contribution in [1.29, 1.82) is 0 Å². The Labute approximate surface area is 88.0 Å². The number of rotatable bonds is 3. The molecule has 1 aromatic heterocycles. The molecule has 0 fully saturated rings. The maximum atomic E-state index is 11.1. The number of hydrogen-bond donors (Lipinski definition) is 1. The molecule has 1 atom stereocenters. The summed E-state index contributed by atoms with van der Waals surface area (Å²) in [6.45, 7) is 5.52. The largest absolute Gasteiger partial charge is 0.368 e. The van der Waals surface area contributed by atoms with Gasteiger partial charge in [0.15, 0.2) is 0 Å². The SMILES string of the molecule is CCC(C(N)=O)n1nc(C)c(Cl)c1C. The molecule has 0 aliphatic rings. The van der Waals surface area contributed by atoms with Crippen molar-refractivity contribution in [2.24, 2.45) is 5.73 Å². The first-order valence-corrected chi connectivity index (χ1v) is 4.87. The number of primary amides is 1. The Morgan fingerprint density at radius 1 is 1.64 bits per heavy atom. The van der Waals surface area contributed by atoms with Crippen LogP contribution in [0.4, 0.5) is 0 Å². The minimum absolute atomic E-state index is 0.380. The highest BCUT2D eigenvalue weighted by atomic mass is 35.5. The van der Waals surface area contributed by atoms with E-state index in [-0.39, 0.29) is 5.91 Å². The van der Waals surface area contributed by atoms with Crippen molar-refractivity contribution >= 4 is 17.5 Å². The van der Waals surface area contributed by atoms with E-state index < -0.39 is 6.04 Å². The zero-order valence-electron chi connectivity index (χ0n) is 8.54. The lowest BCUT2D eigenvalue weighted by Gasteiger charge is -2.13. The summed E-state index contributed by atoms with van der Waals surface area (Å²) in [5, 5.41) is 4.79. The number of nitrogens with zero attached hydrogens (tertiary/aromatic N) is 2. The molecule has 0 aliphatic carbocycles. The van der Waals surface area contributed by atoms with Gasteiger partial charge in [-0.15, -0.1) is 0 Å². The topological polar surface area (TPSA) is 60.9 Å². The highest BCUT2D eigenvalue weighted by Crippen LogP contribution is 2.23. The van der Waals surface area contributed by atoms with Gasteiger partial charge in [0, 0.05) is 0 Å². The summed E-state index contributed by atoms with van der Waals surface area (Å²) in [5.41, 5.74) is 6.78. The molecule has 1 unspecified atom stereocenters. The molecule has 1 aromatic rings. The van der Waals surface area contributed by atoms with Crippen LogP contribution in [0.3, 0.4) is 0 Å². The second kappa shape index (κ2) is 4.00. The summed E-state index contributed by atoms with van der Waals surface area (Å²) in [6, 6.07) is -0.402. The molecule has 14 heavy (non-hydrogen) atoms. The Balaban J connectivity index is 3.17. The summed E-state index contributed by atoms with van der Waals surface area (Å²) < 4.78 is 1.60. The predicted molar refractivity (Wildman–Crippen MR) is 55.2 cm³/mol. The number of aromatic nitrogens is 2. The molecule has 78 valence electrons. The summed E-state index contributed by atoms with van der Waals surface area (Å²) in [5.74, 6) is -0.380. The van der Waals surface area contributed by atoms with Crippen LogP contribution in [0.5, 0.6) is 0 Å². The van der Waals surface area contributed by atoms with Gasteiger partial charge in [-0.25, -0.2) is 0 Å². The van der Waals surface area contributed by atoms with Crippen molar-refractivity contribution < 1.29 is 4.79 Å². The van der Waals surface area contributed by atoms with Gasteiger partial charge in [0.25, 0.3) is 0 Å². The van der Waals surface area contributed by atoms with Gasteiger partial charge in [0.1, 0.15) is 6.04 Å². The van der Waals surface area contributed by atoms with E-state index >= 15 is 0 Å². The van der Waals surface area contributed by atoms with Crippen molar-refractivity contribution in [2.45, 2.75) is 33.2 Å². The lowest BCUT2D eigenvalue weighted by Crippen LogP contribution is -2.27. The van der Waals surface area contributed by atoms with E-state index in [1.54, 1.807) is 11.6 Å². The predicted octanol–water partition coefficient (Wildman–Crippen LogP) is 1.59. The van der Waals surface area contributed by atoms with E-state index in [0.717, 1.165) is 11.4 Å². The second-order valence-corrected chi connectivity index (χ2v) is 3.63. The molecule has 0 aliphatic heterocycles. The van der Waals surface area contributed by atoms with Crippen molar-refractivity contribution in [1.82, 2.24) is 9.78 Å². The van der Waals surface area contributed by atoms with Crippen LogP contribution >= 0.6 is 11.6 Å². The zero-order chi connectivity index (χ0) is 10.9. The number of halogens is 1. The maximum absolute atomic E-state index is 11.1. The van der Waals surface area contributed by atoms with Crippen LogP contribution < -0.4 is 5.73 Å². The normalized spacial score (nSPS) is 12.9. The Bertz CT molecular complexity index is 359. The Hall–Kier alpha value is -1.03. The highest BCUT2D eigenvalue weighted by Gasteiger charge is 2.20. The molecule has 2 N–H and O–H groups in total. The number of carbonyl (C=O) groups excluding carboxylic acids is 1. The first kappa shape index (κ1) is 11.0. The van der Waals surface area contributed by atoms with Crippen molar-refractivity contribution in [2.75, 3.05) is 0 Å². The van der Waals surface area contributed by atoms with Crippen LogP contribution in [-0.4, -0.2) is 15.7 Å². The fourth-order valence-electron chi connectivity index (χ4n) is 1.44. The van der Waals surface area contributed by atoms with Gasteiger partial charge in [-0.1, -0.05) is 18.5 Å². The molecule has 5 heteroatoms. The zero-order valence-corrected chi connectivity index (χ0v) is 9.30. The van der Waals surface area contributed by atoms with Gasteiger partial charge in [-0.2, -0.15) is 5.10 Å². The minimum Gasteiger partial charge on any atom is -0.368 e. The van der Waals surface area contributed by atoms with Crippen LogP contribution in [0.1, 0.15) is 30.8 Å². The number of aryl methyl sites for hydroxylation is 1. The molecule has 0 saturated carbocycles. The molecule has 4 nitrogen and oxygen atoms in total. The first-order chi connectivity index (χ1) is 6.49. The second-order valence-electron chi connectivity index (χ2n) is 3.26. The lowest BCUT2D eigenvalue weighted by molar-refractivity contribution is -0.121. The third-order valence-electron chi connectivity index (χ3n) is 2.25. The van der Waals surface area contributed by atoms with Crippen LogP contribution in [0.2, 0.25) is 5.02 Å². The van der Waals surface area contributed by atoms with E-state index in [9.17, 15) is 4.79 Å². The van der Waals surface area contributed by atoms with Gasteiger partial charge in [-0.3, -0.25) is 9.48 Å². The highest BCUT2D eigenvalue weighted by molar-refractivity contribution is 6.31. The van der Waals surface area contributed by atoms with Gasteiger partial charge in [-0.05, 0) is 20.3 Å². The molecule has 0 aromatic carbocycles. The number of carbonyl (C=O) groups is 1. The number of nitrogens with two attached hydrogens (primary N) is 1. The third-order valence-corrected chi connectivity index (χ3v) is 2.79. The maximum Gasteiger partial charge on any atom is 0.242 e. The fourth-order valence-corrected chi connectivity index (χ4v) is 1.57. The van der Waals surface area contributed by atoms with E-state index in [1.165, 1.54) is 0 Å². The van der Waals surface area contributed by atoms with Gasteiger partial charge in [0.05, 0.1) is 16.4 Å². The van der Waals surface area contributed by atoms with Crippen LogP contribution in [-0.2, 0) is 4.79 Å². The molecular formula is C9H14ClN3O. The Kier molecular flexibility index (Phi) is 3.16. The van der Waals surface area contributed by atoms with Crippen molar-refractivity contribution in [3.63, 3.8) is 0 Å². The molecule has 1 rings (SSSR count). The minimum atomic E-state index is -0.402. The summed E-state index contributed by atoms with van der Waals surface area (Å²) >= 11 is 5.97. The molecule has 0 spiro atoms. The van der Waals surface area contributed by atoms with Gasteiger partial charge in [0.2, 0.25) is 5.91 Å². The standard InChI is InChI=1S/C9H14ClN3O/c1-4-7(9(11)14)13-6(3)8(10)5(2)12-13/h7H,4H2,1-3H3,(H2,11,14). The summed E-state index contributed by atoms with van der Waals surface area (Å²) in [4.78, 5) is 11.1. The van der Waals surface area contributed by atoms with E-state index in [4.69, 9.17) is 17.3 Å². The van der Waals surface area contributed by atoms with Crippen LogP contribution in [0.15, 0.2) is 0 Å². The summed E-state index contributed by atoms with van der Waals surface area (Å²) in [7, 11) is 0. The Morgan fingerprint density at radius 3 is 2.50 bits per heavy atom. The molecule has 1 amide bonds. The number of amides is 1. The van der Waals surface area contributed by atoms with Crippen molar-refractivity contribution in [3.8, 4) is 0 Å². The quantitative estimate of drug-likeness (QED) is 0.833. The van der Waals surface area contributed by atoms with Crippen LogP contribution in [0, 0.1) is 13.8 Å². The molecular weight excluding hydrogens is 202 g/mol.